The maximum absolute atomic E-state index is 12.3. The smallest absolute Gasteiger partial charge is 0.185 e. The van der Waals surface area contributed by atoms with Gasteiger partial charge in [0.1, 0.15) is 12.4 Å². The molecule has 2 aromatic rings. The van der Waals surface area contributed by atoms with Crippen LogP contribution in [-0.2, 0) is 4.74 Å². The van der Waals surface area contributed by atoms with E-state index in [1.807, 2.05) is 49.3 Å². The second kappa shape index (κ2) is 10.4. The number of allylic oxidation sites excluding steroid dienone is 1. The maximum Gasteiger partial charge on any atom is 0.185 e. The summed E-state index contributed by atoms with van der Waals surface area (Å²) in [6.07, 6.45) is 3.38. The fourth-order valence-corrected chi connectivity index (χ4v) is 2.25. The highest BCUT2D eigenvalue weighted by molar-refractivity contribution is 6.06. The van der Waals surface area contributed by atoms with Crippen LogP contribution in [0.25, 0.3) is 6.08 Å². The minimum absolute atomic E-state index is 0.00409. The number of anilines is 1. The van der Waals surface area contributed by atoms with E-state index in [1.165, 1.54) is 0 Å². The molecule has 0 saturated carbocycles. The van der Waals surface area contributed by atoms with Gasteiger partial charge in [-0.1, -0.05) is 18.2 Å². The summed E-state index contributed by atoms with van der Waals surface area (Å²) >= 11 is 0. The molecule has 0 fully saturated rings. The first kappa shape index (κ1) is 19.7. The Bertz CT molecular complexity index is 706. The van der Waals surface area contributed by atoms with Gasteiger partial charge in [0, 0.05) is 25.3 Å². The van der Waals surface area contributed by atoms with Gasteiger partial charge in [-0.25, -0.2) is 0 Å². The van der Waals surface area contributed by atoms with Gasteiger partial charge < -0.3 is 19.5 Å². The Hall–Kier alpha value is -2.63. The second-order valence-electron chi connectivity index (χ2n) is 5.89. The van der Waals surface area contributed by atoms with E-state index in [2.05, 4.69) is 0 Å². The fourth-order valence-electron chi connectivity index (χ4n) is 2.25. The number of rotatable bonds is 10. The van der Waals surface area contributed by atoms with Gasteiger partial charge in [0.15, 0.2) is 5.78 Å². The first-order valence-corrected chi connectivity index (χ1v) is 8.51. The third kappa shape index (κ3) is 6.35. The van der Waals surface area contributed by atoms with Gasteiger partial charge in [-0.2, -0.15) is 0 Å². The summed E-state index contributed by atoms with van der Waals surface area (Å²) in [6, 6.07) is 15.0. The van der Waals surface area contributed by atoms with E-state index in [1.54, 1.807) is 30.3 Å². The molecule has 138 valence electrons. The summed E-state index contributed by atoms with van der Waals surface area (Å²) in [6.45, 7) is 1.12. The van der Waals surface area contributed by atoms with Gasteiger partial charge in [-0.15, -0.1) is 0 Å². The van der Waals surface area contributed by atoms with Gasteiger partial charge in [0.2, 0.25) is 0 Å². The van der Waals surface area contributed by atoms with E-state index in [4.69, 9.17) is 14.6 Å². The molecular weight excluding hydrogens is 330 g/mol. The molecule has 5 nitrogen and oxygen atoms in total. The molecule has 0 aliphatic carbocycles. The monoisotopic (exact) mass is 355 g/mol. The van der Waals surface area contributed by atoms with Crippen LogP contribution in [0.4, 0.5) is 5.69 Å². The molecule has 0 heterocycles. The number of ether oxygens (including phenoxy) is 2. The Morgan fingerprint density at radius 2 is 1.69 bits per heavy atom. The van der Waals surface area contributed by atoms with Crippen molar-refractivity contribution in [3.05, 3.63) is 65.7 Å². The molecule has 0 unspecified atom stereocenters. The van der Waals surface area contributed by atoms with Crippen molar-refractivity contribution >= 4 is 17.5 Å². The highest BCUT2D eigenvalue weighted by Gasteiger charge is 2.03. The topological polar surface area (TPSA) is 59.0 Å². The first-order chi connectivity index (χ1) is 12.6. The van der Waals surface area contributed by atoms with Crippen molar-refractivity contribution in [1.29, 1.82) is 0 Å². The largest absolute Gasteiger partial charge is 0.491 e. The lowest BCUT2D eigenvalue weighted by molar-refractivity contribution is 0.0705. The highest BCUT2D eigenvalue weighted by Crippen LogP contribution is 2.15. The number of hydrogen-bond donors (Lipinski definition) is 1. The van der Waals surface area contributed by atoms with E-state index in [-0.39, 0.29) is 12.4 Å². The molecule has 0 aliphatic heterocycles. The van der Waals surface area contributed by atoms with Crippen molar-refractivity contribution in [3.63, 3.8) is 0 Å². The summed E-state index contributed by atoms with van der Waals surface area (Å²) in [5.41, 5.74) is 2.70. The molecule has 0 saturated heterocycles. The van der Waals surface area contributed by atoms with E-state index >= 15 is 0 Å². The summed E-state index contributed by atoms with van der Waals surface area (Å²) < 4.78 is 10.6. The molecule has 5 heteroatoms. The highest BCUT2D eigenvalue weighted by atomic mass is 16.5. The van der Waals surface area contributed by atoms with Gasteiger partial charge >= 0.3 is 0 Å². The lowest BCUT2D eigenvalue weighted by atomic mass is 10.1. The normalized spacial score (nSPS) is 10.9. The number of aliphatic hydroxyl groups excluding tert-OH is 1. The second-order valence-corrected chi connectivity index (χ2v) is 5.89. The predicted molar refractivity (Wildman–Crippen MR) is 104 cm³/mol. The SMILES string of the molecule is CN(C)c1ccc(C=CC(=O)c2ccc(OCCOCCO)cc2)cc1. The lowest BCUT2D eigenvalue weighted by Gasteiger charge is -2.11. The first-order valence-electron chi connectivity index (χ1n) is 8.51. The van der Waals surface area contributed by atoms with Gasteiger partial charge in [-0.05, 0) is 48.0 Å². The van der Waals surface area contributed by atoms with Crippen molar-refractivity contribution < 1.29 is 19.4 Å². The van der Waals surface area contributed by atoms with E-state index in [9.17, 15) is 4.79 Å². The van der Waals surface area contributed by atoms with Crippen LogP contribution in [0.1, 0.15) is 15.9 Å². The molecule has 0 spiro atoms. The zero-order valence-corrected chi connectivity index (χ0v) is 15.2. The van der Waals surface area contributed by atoms with E-state index in [0.29, 0.717) is 31.1 Å². The summed E-state index contributed by atoms with van der Waals surface area (Å²) in [5.74, 6) is 0.622. The van der Waals surface area contributed by atoms with Gasteiger partial charge in [-0.3, -0.25) is 4.79 Å². The lowest BCUT2D eigenvalue weighted by Crippen LogP contribution is -2.09. The number of aliphatic hydroxyl groups is 1. The fraction of sp³-hybridized carbons (Fsp3) is 0.286. The molecule has 0 amide bonds. The molecule has 0 bridgehead atoms. The van der Waals surface area contributed by atoms with E-state index in [0.717, 1.165) is 11.3 Å². The van der Waals surface area contributed by atoms with Crippen LogP contribution in [0, 0.1) is 0 Å². The van der Waals surface area contributed by atoms with Crippen LogP contribution in [0.2, 0.25) is 0 Å². The molecule has 2 rings (SSSR count). The molecule has 2 aromatic carbocycles. The number of carbonyl (C=O) groups is 1. The standard InChI is InChI=1S/C21H25NO4/c1-22(2)19-8-3-17(4-9-19)5-12-21(24)18-6-10-20(11-7-18)26-16-15-25-14-13-23/h3-12,23H,13-16H2,1-2H3. The van der Waals surface area contributed by atoms with Crippen molar-refractivity contribution in [2.45, 2.75) is 0 Å². The van der Waals surface area contributed by atoms with Crippen LogP contribution in [0.5, 0.6) is 5.75 Å². The Balaban J connectivity index is 1.86. The minimum Gasteiger partial charge on any atom is -0.491 e. The number of ketones is 1. The summed E-state index contributed by atoms with van der Waals surface area (Å²) in [7, 11) is 3.98. The Morgan fingerprint density at radius 1 is 1.00 bits per heavy atom. The average molecular weight is 355 g/mol. The van der Waals surface area contributed by atoms with Crippen LogP contribution >= 0.6 is 0 Å². The maximum atomic E-state index is 12.3. The van der Waals surface area contributed by atoms with Crippen molar-refractivity contribution in [2.75, 3.05) is 45.4 Å². The molecule has 0 aromatic heterocycles. The molecular formula is C21H25NO4. The zero-order valence-electron chi connectivity index (χ0n) is 15.2. The third-order valence-electron chi connectivity index (χ3n) is 3.71. The molecule has 1 N–H and O–H groups in total. The number of hydrogen-bond acceptors (Lipinski definition) is 5. The molecule has 26 heavy (non-hydrogen) atoms. The Kier molecular flexibility index (Phi) is 7.86. The van der Waals surface area contributed by atoms with Crippen molar-refractivity contribution in [1.82, 2.24) is 0 Å². The average Bonchev–Trinajstić information content (AvgIpc) is 2.66. The van der Waals surface area contributed by atoms with Crippen LogP contribution < -0.4 is 9.64 Å². The predicted octanol–water partition coefficient (Wildman–Crippen LogP) is 3.04. The number of carbonyl (C=O) groups excluding carboxylic acids is 1. The molecule has 0 atom stereocenters. The van der Waals surface area contributed by atoms with Crippen LogP contribution in [0.3, 0.4) is 0 Å². The number of nitrogens with zero attached hydrogens (tertiary/aromatic N) is 1. The Labute approximate surface area is 154 Å². The van der Waals surface area contributed by atoms with Gasteiger partial charge in [0.05, 0.1) is 19.8 Å². The van der Waals surface area contributed by atoms with Crippen LogP contribution in [-0.4, -0.2) is 51.4 Å². The summed E-state index contributed by atoms with van der Waals surface area (Å²) in [4.78, 5) is 14.3. The molecule has 0 radical (unpaired) electrons. The zero-order chi connectivity index (χ0) is 18.8. The number of benzene rings is 2. The van der Waals surface area contributed by atoms with Gasteiger partial charge in [0.25, 0.3) is 0 Å². The van der Waals surface area contributed by atoms with Crippen molar-refractivity contribution in [2.24, 2.45) is 0 Å². The molecule has 0 aliphatic rings. The Morgan fingerprint density at radius 3 is 2.31 bits per heavy atom. The minimum atomic E-state index is -0.0560. The quantitative estimate of drug-likeness (QED) is 0.403. The van der Waals surface area contributed by atoms with Crippen molar-refractivity contribution in [3.8, 4) is 5.75 Å². The van der Waals surface area contributed by atoms with Crippen LogP contribution in [0.15, 0.2) is 54.6 Å². The third-order valence-corrected chi connectivity index (χ3v) is 3.71. The summed E-state index contributed by atoms with van der Waals surface area (Å²) in [5, 5.41) is 8.61. The van der Waals surface area contributed by atoms with E-state index < -0.39 is 0 Å².